The highest BCUT2D eigenvalue weighted by atomic mass is 35.5. The van der Waals surface area contributed by atoms with E-state index in [9.17, 15) is 8.42 Å². The molecule has 0 aliphatic rings. The van der Waals surface area contributed by atoms with E-state index < -0.39 is 28.3 Å². The van der Waals surface area contributed by atoms with Crippen LogP contribution in [0.25, 0.3) is 0 Å². The summed E-state index contributed by atoms with van der Waals surface area (Å²) in [7, 11) is -4.97. The van der Waals surface area contributed by atoms with Gasteiger partial charge in [0.05, 0.1) is 0 Å². The van der Waals surface area contributed by atoms with Crippen molar-refractivity contribution in [1.82, 2.24) is 0 Å². The molecule has 1 atom stereocenters. The van der Waals surface area contributed by atoms with Crippen LogP contribution in [0.3, 0.4) is 0 Å². The molecule has 0 radical (unpaired) electrons. The third-order valence-corrected chi connectivity index (χ3v) is 7.23. The van der Waals surface area contributed by atoms with Crippen molar-refractivity contribution in [3.63, 3.8) is 0 Å². The highest BCUT2D eigenvalue weighted by Crippen LogP contribution is 2.51. The molecule has 0 aliphatic heterocycles. The molecule has 0 rings (SSSR count). The zero-order valence-corrected chi connectivity index (χ0v) is 12.6. The molecule has 1 N–H and O–H groups in total. The Bertz CT molecular complexity index is 323. The standard InChI is InChI=1S/C4H3Cl7O3S/c5-1(2(6)7)3(8,9)4(10,11)15(12,13)14/h1-2H,(H,12,13,14). The number of hydrogen-bond donors (Lipinski definition) is 1. The summed E-state index contributed by atoms with van der Waals surface area (Å²) in [4.78, 5) is -1.35. The zero-order chi connectivity index (χ0) is 12.7. The molecule has 92 valence electrons. The molecule has 0 amide bonds. The number of halogens is 7. The molecule has 0 bridgehead atoms. The van der Waals surface area contributed by atoms with Gasteiger partial charge in [0, 0.05) is 0 Å². The summed E-state index contributed by atoms with van der Waals surface area (Å²) in [5.41, 5.74) is 0. The van der Waals surface area contributed by atoms with Crippen molar-refractivity contribution >= 4 is 91.3 Å². The van der Waals surface area contributed by atoms with Crippen LogP contribution in [0.15, 0.2) is 0 Å². The van der Waals surface area contributed by atoms with Crippen LogP contribution in [0, 0.1) is 0 Å². The Labute approximate surface area is 122 Å². The molecule has 0 aliphatic carbocycles. The molecule has 0 aromatic carbocycles. The molecule has 0 fully saturated rings. The van der Waals surface area contributed by atoms with Crippen molar-refractivity contribution in [3.05, 3.63) is 0 Å². The van der Waals surface area contributed by atoms with Crippen LogP contribution in [0.2, 0.25) is 0 Å². The van der Waals surface area contributed by atoms with E-state index in [2.05, 4.69) is 0 Å². The van der Waals surface area contributed by atoms with Gasteiger partial charge in [0.1, 0.15) is 10.2 Å². The summed E-state index contributed by atoms with van der Waals surface area (Å²) in [6.45, 7) is 0. The van der Waals surface area contributed by atoms with Crippen molar-refractivity contribution < 1.29 is 13.0 Å². The van der Waals surface area contributed by atoms with Gasteiger partial charge in [-0.1, -0.05) is 46.4 Å². The van der Waals surface area contributed by atoms with Crippen LogP contribution >= 0.6 is 81.2 Å². The summed E-state index contributed by atoms with van der Waals surface area (Å²) in [5.74, 6) is 0. The maximum absolute atomic E-state index is 10.8. The van der Waals surface area contributed by atoms with Gasteiger partial charge in [-0.15, -0.1) is 34.8 Å². The molecule has 11 heteroatoms. The topological polar surface area (TPSA) is 54.4 Å². The van der Waals surface area contributed by atoms with Gasteiger partial charge >= 0.3 is 10.1 Å². The van der Waals surface area contributed by atoms with Crippen molar-refractivity contribution in [2.24, 2.45) is 0 Å². The van der Waals surface area contributed by atoms with Crippen molar-refractivity contribution in [2.45, 2.75) is 18.2 Å². The Kier molecular flexibility index (Phi) is 5.97. The van der Waals surface area contributed by atoms with Gasteiger partial charge in [-0.2, -0.15) is 8.42 Å². The monoisotopic (exact) mass is 376 g/mol. The number of alkyl halides is 7. The van der Waals surface area contributed by atoms with Crippen LogP contribution in [0.4, 0.5) is 0 Å². The normalized spacial score (nSPS) is 16.9. The first kappa shape index (κ1) is 16.9. The smallest absolute Gasteiger partial charge is 0.283 e. The van der Waals surface area contributed by atoms with Crippen molar-refractivity contribution in [2.75, 3.05) is 0 Å². The van der Waals surface area contributed by atoms with E-state index in [0.29, 0.717) is 0 Å². The van der Waals surface area contributed by atoms with Gasteiger partial charge in [-0.3, -0.25) is 4.55 Å². The van der Waals surface area contributed by atoms with Crippen molar-refractivity contribution in [1.29, 1.82) is 0 Å². The van der Waals surface area contributed by atoms with E-state index in [0.717, 1.165) is 0 Å². The van der Waals surface area contributed by atoms with Crippen LogP contribution in [0.1, 0.15) is 0 Å². The Morgan fingerprint density at radius 2 is 1.33 bits per heavy atom. The molecule has 0 saturated carbocycles. The number of rotatable bonds is 4. The van der Waals surface area contributed by atoms with Gasteiger partial charge in [0.15, 0.2) is 4.33 Å². The second kappa shape index (κ2) is 5.29. The lowest BCUT2D eigenvalue weighted by Crippen LogP contribution is -2.50. The average molecular weight is 379 g/mol. The molecule has 1 unspecified atom stereocenters. The lowest BCUT2D eigenvalue weighted by atomic mass is 10.3. The van der Waals surface area contributed by atoms with Crippen LogP contribution in [-0.4, -0.2) is 31.2 Å². The van der Waals surface area contributed by atoms with Crippen LogP contribution in [-0.2, 0) is 10.1 Å². The quantitative estimate of drug-likeness (QED) is 0.600. The largest absolute Gasteiger partial charge is 0.302 e. The zero-order valence-electron chi connectivity index (χ0n) is 6.47. The van der Waals surface area contributed by atoms with Crippen molar-refractivity contribution in [3.8, 4) is 0 Å². The maximum Gasteiger partial charge on any atom is 0.302 e. The summed E-state index contributed by atoms with van der Waals surface area (Å²) in [6.07, 6.45) is 0. The Morgan fingerprint density at radius 3 is 1.53 bits per heavy atom. The first-order valence-corrected chi connectivity index (χ1v) is 7.26. The fraction of sp³-hybridized carbons (Fsp3) is 1.00. The Morgan fingerprint density at radius 1 is 1.00 bits per heavy atom. The third-order valence-electron chi connectivity index (χ3n) is 1.28. The fourth-order valence-corrected chi connectivity index (χ4v) is 3.01. The Hall–Kier alpha value is 1.94. The van der Waals surface area contributed by atoms with Gasteiger partial charge in [0.2, 0.25) is 0 Å². The van der Waals surface area contributed by atoms with Crippen LogP contribution < -0.4 is 0 Å². The van der Waals surface area contributed by atoms with Gasteiger partial charge in [-0.05, 0) is 0 Å². The third kappa shape index (κ3) is 3.46. The highest BCUT2D eigenvalue weighted by Gasteiger charge is 2.61. The molecule has 15 heavy (non-hydrogen) atoms. The van der Waals surface area contributed by atoms with Crippen LogP contribution in [0.5, 0.6) is 0 Å². The minimum absolute atomic E-state index is 1.35. The molecule has 3 nitrogen and oxygen atoms in total. The molecule has 0 aromatic heterocycles. The minimum atomic E-state index is -4.97. The molecule has 0 spiro atoms. The second-order valence-corrected chi connectivity index (χ2v) is 8.71. The highest BCUT2D eigenvalue weighted by molar-refractivity contribution is 7.90. The maximum atomic E-state index is 10.8. The summed E-state index contributed by atoms with van der Waals surface area (Å²) in [6, 6.07) is 0. The summed E-state index contributed by atoms with van der Waals surface area (Å²) >= 11 is 37.9. The average Bonchev–Trinajstić information content (AvgIpc) is 2.00. The summed E-state index contributed by atoms with van der Waals surface area (Å²) < 4.78 is 24.9. The molecular weight excluding hydrogens is 376 g/mol. The molecule has 0 saturated heterocycles. The van der Waals surface area contributed by atoms with Gasteiger partial charge in [-0.25, -0.2) is 0 Å². The first-order valence-electron chi connectivity index (χ1n) is 3.00. The minimum Gasteiger partial charge on any atom is -0.283 e. The predicted molar refractivity (Wildman–Crippen MR) is 65.6 cm³/mol. The molecule has 0 heterocycles. The summed E-state index contributed by atoms with van der Waals surface area (Å²) in [5, 5.41) is -1.53. The van der Waals surface area contributed by atoms with E-state index in [1.54, 1.807) is 0 Å². The van der Waals surface area contributed by atoms with E-state index >= 15 is 0 Å². The number of hydrogen-bond acceptors (Lipinski definition) is 2. The van der Waals surface area contributed by atoms with E-state index in [1.807, 2.05) is 0 Å². The Balaban J connectivity index is 5.38. The lowest BCUT2D eigenvalue weighted by molar-refractivity contribution is 0.467. The van der Waals surface area contributed by atoms with E-state index in [1.165, 1.54) is 0 Å². The van der Waals surface area contributed by atoms with E-state index in [4.69, 9.17) is 85.8 Å². The van der Waals surface area contributed by atoms with Gasteiger partial charge < -0.3 is 0 Å². The lowest BCUT2D eigenvalue weighted by Gasteiger charge is -2.33. The van der Waals surface area contributed by atoms with E-state index in [-0.39, 0.29) is 0 Å². The fourth-order valence-electron chi connectivity index (χ4n) is 0.491. The first-order chi connectivity index (χ1) is 6.35. The molecule has 0 aromatic rings. The van der Waals surface area contributed by atoms with Gasteiger partial charge in [0.25, 0.3) is 3.67 Å². The SMILES string of the molecule is O=S(=O)(O)C(Cl)(Cl)C(Cl)(Cl)C(Cl)C(Cl)Cl. The predicted octanol–water partition coefficient (Wildman–Crippen LogP) is 3.59. The molecular formula is C4H3Cl7O3S. The second-order valence-electron chi connectivity index (χ2n) is 2.35.